The summed E-state index contributed by atoms with van der Waals surface area (Å²) in [6, 6.07) is -1.10. The van der Waals surface area contributed by atoms with Crippen LogP contribution in [0.5, 0.6) is 0 Å². The molecule has 0 unspecified atom stereocenters. The number of rotatable bonds is 6. The van der Waals surface area contributed by atoms with Gasteiger partial charge in [-0.05, 0) is 31.1 Å². The zero-order valence-electron chi connectivity index (χ0n) is 12.0. The number of Topliss-reactive ketones (excluding diaryl/α,β-unsaturated/α-hetero) is 1. The van der Waals surface area contributed by atoms with Crippen molar-refractivity contribution in [2.45, 2.75) is 58.1 Å². The minimum atomic E-state index is -1.21. The Hall–Kier alpha value is -1.43. The van der Waals surface area contributed by atoms with Gasteiger partial charge < -0.3 is 15.5 Å². The fourth-order valence-corrected chi connectivity index (χ4v) is 2.53. The fourth-order valence-electron chi connectivity index (χ4n) is 2.53. The summed E-state index contributed by atoms with van der Waals surface area (Å²) in [5.41, 5.74) is 0. The number of carbonyl (C=O) groups is 3. The molecule has 1 rings (SSSR count). The highest BCUT2D eigenvalue weighted by atomic mass is 16.4. The molecule has 1 saturated carbocycles. The lowest BCUT2D eigenvalue weighted by molar-refractivity contribution is -0.146. The first-order chi connectivity index (χ1) is 9.31. The quantitative estimate of drug-likeness (QED) is 0.667. The minimum Gasteiger partial charge on any atom is -0.480 e. The maximum absolute atomic E-state index is 11.8. The molecule has 0 aliphatic heterocycles. The Morgan fingerprint density at radius 3 is 2.55 bits per heavy atom. The smallest absolute Gasteiger partial charge is 0.326 e. The summed E-state index contributed by atoms with van der Waals surface area (Å²) >= 11 is 0. The lowest BCUT2D eigenvalue weighted by Gasteiger charge is -2.28. The van der Waals surface area contributed by atoms with Crippen LogP contribution in [0.3, 0.4) is 0 Å². The van der Waals surface area contributed by atoms with Crippen molar-refractivity contribution in [1.82, 2.24) is 5.32 Å². The Bertz CT molecular complexity index is 380. The zero-order chi connectivity index (χ0) is 15.3. The molecule has 1 aliphatic carbocycles. The van der Waals surface area contributed by atoms with Crippen LogP contribution in [0.2, 0.25) is 0 Å². The summed E-state index contributed by atoms with van der Waals surface area (Å²) in [5.74, 6) is -2.05. The van der Waals surface area contributed by atoms with Crippen LogP contribution in [0, 0.1) is 11.8 Å². The van der Waals surface area contributed by atoms with Crippen molar-refractivity contribution in [3.63, 3.8) is 0 Å². The van der Waals surface area contributed by atoms with E-state index in [2.05, 4.69) is 5.32 Å². The van der Waals surface area contributed by atoms with Crippen molar-refractivity contribution in [3.05, 3.63) is 0 Å². The predicted octanol–water partition coefficient (Wildman–Crippen LogP) is 0.722. The number of nitrogens with one attached hydrogen (secondary N) is 1. The summed E-state index contributed by atoms with van der Waals surface area (Å²) in [6.45, 7) is 3.73. The molecule has 0 saturated heterocycles. The summed E-state index contributed by atoms with van der Waals surface area (Å²) in [6.07, 6.45) is 0.976. The molecular weight excluding hydrogens is 262 g/mol. The van der Waals surface area contributed by atoms with Crippen molar-refractivity contribution in [2.24, 2.45) is 11.8 Å². The van der Waals surface area contributed by atoms with Crippen molar-refractivity contribution in [3.8, 4) is 0 Å². The average Bonchev–Trinajstić information content (AvgIpc) is 2.34. The van der Waals surface area contributed by atoms with Gasteiger partial charge in [0.1, 0.15) is 17.9 Å². The summed E-state index contributed by atoms with van der Waals surface area (Å²) < 4.78 is 0. The third-order valence-corrected chi connectivity index (χ3v) is 3.55. The second-order valence-corrected chi connectivity index (χ2v) is 5.86. The van der Waals surface area contributed by atoms with E-state index in [4.69, 9.17) is 0 Å². The summed E-state index contributed by atoms with van der Waals surface area (Å²) in [5, 5.41) is 21.3. The standard InChI is InChI=1S/C14H23NO5/c1-8(2)6-11(17)13(18)15-12(14(19)20)9-4-3-5-10(16)7-9/h8-9,11-12,17H,3-7H2,1-2H3,(H,15,18)(H,19,20)/t9-,11-,12+/m0/s1. The van der Waals surface area contributed by atoms with Crippen molar-refractivity contribution in [1.29, 1.82) is 0 Å². The van der Waals surface area contributed by atoms with Crippen LogP contribution in [0.25, 0.3) is 0 Å². The van der Waals surface area contributed by atoms with Gasteiger partial charge in [-0.25, -0.2) is 4.79 Å². The molecule has 6 nitrogen and oxygen atoms in total. The minimum absolute atomic E-state index is 0.0319. The van der Waals surface area contributed by atoms with E-state index in [9.17, 15) is 24.6 Å². The van der Waals surface area contributed by atoms with E-state index >= 15 is 0 Å². The van der Waals surface area contributed by atoms with Crippen molar-refractivity contribution >= 4 is 17.7 Å². The first-order valence-corrected chi connectivity index (χ1v) is 7.04. The number of carboxylic acids is 1. The third-order valence-electron chi connectivity index (χ3n) is 3.55. The number of aliphatic carboxylic acids is 1. The molecule has 0 heterocycles. The van der Waals surface area contributed by atoms with E-state index in [-0.39, 0.29) is 30.5 Å². The van der Waals surface area contributed by atoms with Gasteiger partial charge in [0, 0.05) is 12.8 Å². The van der Waals surface area contributed by atoms with Gasteiger partial charge in [0.05, 0.1) is 0 Å². The SMILES string of the molecule is CC(C)C[C@H](O)C(=O)N[C@@H](C(=O)O)[C@H]1CCCC(=O)C1. The van der Waals surface area contributed by atoms with E-state index in [1.807, 2.05) is 13.8 Å². The van der Waals surface area contributed by atoms with E-state index in [1.165, 1.54) is 0 Å². The predicted molar refractivity (Wildman–Crippen MR) is 72.0 cm³/mol. The molecule has 6 heteroatoms. The zero-order valence-corrected chi connectivity index (χ0v) is 12.0. The van der Waals surface area contributed by atoms with E-state index in [0.717, 1.165) is 0 Å². The maximum Gasteiger partial charge on any atom is 0.326 e. The number of hydrogen-bond donors (Lipinski definition) is 3. The van der Waals surface area contributed by atoms with Crippen LogP contribution in [0.1, 0.15) is 46.0 Å². The first-order valence-electron chi connectivity index (χ1n) is 7.04. The number of aliphatic hydroxyl groups excluding tert-OH is 1. The first kappa shape index (κ1) is 16.6. The van der Waals surface area contributed by atoms with Gasteiger partial charge in [-0.2, -0.15) is 0 Å². The topological polar surface area (TPSA) is 104 Å². The normalized spacial score (nSPS) is 22.4. The number of ketones is 1. The van der Waals surface area contributed by atoms with Crippen molar-refractivity contribution in [2.75, 3.05) is 0 Å². The van der Waals surface area contributed by atoms with Crippen LogP contribution in [-0.4, -0.2) is 40.0 Å². The molecule has 114 valence electrons. The van der Waals surface area contributed by atoms with Crippen LogP contribution < -0.4 is 5.32 Å². The highest BCUT2D eigenvalue weighted by Crippen LogP contribution is 2.24. The summed E-state index contributed by atoms with van der Waals surface area (Å²) in [7, 11) is 0. The van der Waals surface area contributed by atoms with E-state index < -0.39 is 24.0 Å². The van der Waals surface area contributed by atoms with Gasteiger partial charge in [0.25, 0.3) is 0 Å². The van der Waals surface area contributed by atoms with Gasteiger partial charge >= 0.3 is 5.97 Å². The molecule has 3 atom stereocenters. The van der Waals surface area contributed by atoms with Gasteiger partial charge in [-0.3, -0.25) is 9.59 Å². The second kappa shape index (κ2) is 7.38. The highest BCUT2D eigenvalue weighted by Gasteiger charge is 2.34. The molecule has 0 aromatic carbocycles. The molecule has 1 amide bonds. The Balaban J connectivity index is 2.65. The molecular formula is C14H23NO5. The largest absolute Gasteiger partial charge is 0.480 e. The van der Waals surface area contributed by atoms with Crippen LogP contribution in [0.4, 0.5) is 0 Å². The maximum atomic E-state index is 11.8. The number of aliphatic hydroxyl groups is 1. The highest BCUT2D eigenvalue weighted by molar-refractivity contribution is 5.87. The molecule has 3 N–H and O–H groups in total. The Morgan fingerprint density at radius 2 is 2.05 bits per heavy atom. The lowest BCUT2D eigenvalue weighted by Crippen LogP contribution is -2.50. The van der Waals surface area contributed by atoms with Crippen LogP contribution in [-0.2, 0) is 14.4 Å². The molecule has 20 heavy (non-hydrogen) atoms. The van der Waals surface area contributed by atoms with Crippen LogP contribution in [0.15, 0.2) is 0 Å². The molecule has 0 aromatic heterocycles. The van der Waals surface area contributed by atoms with Crippen LogP contribution >= 0.6 is 0 Å². The molecule has 0 radical (unpaired) electrons. The second-order valence-electron chi connectivity index (χ2n) is 5.86. The number of amides is 1. The van der Waals surface area contributed by atoms with Gasteiger partial charge in [-0.1, -0.05) is 13.8 Å². The Kier molecular flexibility index (Phi) is 6.13. The molecule has 1 fully saturated rings. The van der Waals surface area contributed by atoms with E-state index in [0.29, 0.717) is 19.3 Å². The molecule has 1 aliphatic rings. The third kappa shape index (κ3) is 4.92. The van der Waals surface area contributed by atoms with Gasteiger partial charge in [0.15, 0.2) is 0 Å². The fraction of sp³-hybridized carbons (Fsp3) is 0.786. The average molecular weight is 285 g/mol. The monoisotopic (exact) mass is 285 g/mol. The lowest BCUT2D eigenvalue weighted by atomic mass is 9.83. The Labute approximate surface area is 118 Å². The number of carboxylic acid groups (broad SMARTS) is 1. The summed E-state index contributed by atoms with van der Waals surface area (Å²) in [4.78, 5) is 34.5. The molecule has 0 spiro atoms. The Morgan fingerprint density at radius 1 is 1.40 bits per heavy atom. The molecule has 0 bridgehead atoms. The molecule has 0 aromatic rings. The van der Waals surface area contributed by atoms with Gasteiger partial charge in [0.2, 0.25) is 5.91 Å². The number of carbonyl (C=O) groups excluding carboxylic acids is 2. The van der Waals surface area contributed by atoms with Crippen molar-refractivity contribution < 1.29 is 24.6 Å². The van der Waals surface area contributed by atoms with Gasteiger partial charge in [-0.15, -0.1) is 0 Å². The van der Waals surface area contributed by atoms with E-state index in [1.54, 1.807) is 0 Å². The number of hydrogen-bond acceptors (Lipinski definition) is 4.